The maximum Gasteiger partial charge on any atom is 0.262 e. The van der Waals surface area contributed by atoms with Crippen molar-refractivity contribution in [1.82, 2.24) is 19.5 Å². The number of anilines is 1. The molecular formula is C19H19N5O4S. The third kappa shape index (κ3) is 3.83. The second kappa shape index (κ2) is 7.63. The fraction of sp³-hybridized carbons (Fsp3) is 0.316. The number of rotatable bonds is 5. The number of hydrogen-bond acceptors (Lipinski definition) is 7. The Hall–Kier alpha value is -3.27. The van der Waals surface area contributed by atoms with Gasteiger partial charge in [0.05, 0.1) is 17.3 Å². The number of piperidine rings is 1. The van der Waals surface area contributed by atoms with E-state index in [0.29, 0.717) is 28.4 Å². The summed E-state index contributed by atoms with van der Waals surface area (Å²) in [6, 6.07) is 7.19. The van der Waals surface area contributed by atoms with Crippen molar-refractivity contribution < 1.29 is 19.1 Å². The maximum absolute atomic E-state index is 12.3. The highest BCUT2D eigenvalue weighted by Gasteiger charge is 2.32. The average Bonchev–Trinajstić information content (AvgIpc) is 3.23. The molecule has 3 heterocycles. The number of nitrogens with zero attached hydrogens (tertiary/aromatic N) is 3. The fourth-order valence-corrected chi connectivity index (χ4v) is 4.07. The van der Waals surface area contributed by atoms with Crippen LogP contribution in [0.25, 0.3) is 10.9 Å². The van der Waals surface area contributed by atoms with E-state index < -0.39 is 5.92 Å². The molecule has 0 bridgehead atoms. The van der Waals surface area contributed by atoms with Gasteiger partial charge in [0.25, 0.3) is 5.91 Å². The van der Waals surface area contributed by atoms with E-state index in [2.05, 4.69) is 20.1 Å². The number of nitrogens with one attached hydrogen (secondary N) is 2. The highest BCUT2D eigenvalue weighted by Crippen LogP contribution is 2.34. The zero-order valence-corrected chi connectivity index (χ0v) is 16.7. The van der Waals surface area contributed by atoms with Gasteiger partial charge in [0.1, 0.15) is 16.3 Å². The van der Waals surface area contributed by atoms with Crippen LogP contribution < -0.4 is 15.4 Å². The molecule has 1 atom stereocenters. The first-order valence-corrected chi connectivity index (χ1v) is 9.85. The number of carbonyl (C=O) groups is 3. The van der Waals surface area contributed by atoms with Gasteiger partial charge >= 0.3 is 0 Å². The average molecular weight is 413 g/mol. The van der Waals surface area contributed by atoms with E-state index in [-0.39, 0.29) is 30.7 Å². The molecule has 1 aliphatic rings. The summed E-state index contributed by atoms with van der Waals surface area (Å²) >= 11 is 1.21. The maximum atomic E-state index is 12.3. The quantitative estimate of drug-likeness (QED) is 0.617. The van der Waals surface area contributed by atoms with E-state index in [1.807, 2.05) is 13.0 Å². The normalized spacial score (nSPS) is 16.7. The molecule has 29 heavy (non-hydrogen) atoms. The third-order valence-electron chi connectivity index (χ3n) is 4.67. The highest BCUT2D eigenvalue weighted by molar-refractivity contribution is 7.10. The van der Waals surface area contributed by atoms with E-state index in [1.165, 1.54) is 11.5 Å². The molecule has 2 N–H and O–H groups in total. The molecule has 4 rings (SSSR count). The smallest absolute Gasteiger partial charge is 0.262 e. The summed E-state index contributed by atoms with van der Waals surface area (Å²) in [5.41, 5.74) is 2.13. The molecule has 0 radical (unpaired) electrons. The van der Waals surface area contributed by atoms with E-state index in [1.54, 1.807) is 29.9 Å². The van der Waals surface area contributed by atoms with E-state index >= 15 is 0 Å². The fourth-order valence-electron chi connectivity index (χ4n) is 3.40. The van der Waals surface area contributed by atoms with Crippen molar-refractivity contribution in [1.29, 1.82) is 0 Å². The highest BCUT2D eigenvalue weighted by atomic mass is 32.1. The molecular weight excluding hydrogens is 394 g/mol. The molecule has 150 valence electrons. The summed E-state index contributed by atoms with van der Waals surface area (Å²) < 4.78 is 11.5. The molecule has 1 aromatic carbocycles. The Morgan fingerprint density at radius 1 is 1.41 bits per heavy atom. The molecule has 1 unspecified atom stereocenters. The number of fused-ring (bicyclic) bond motifs is 1. The second-order valence-corrected chi connectivity index (χ2v) is 7.64. The lowest BCUT2D eigenvalue weighted by Gasteiger charge is -2.19. The number of amides is 3. The molecule has 1 aliphatic heterocycles. The lowest BCUT2D eigenvalue weighted by molar-refractivity contribution is -0.134. The summed E-state index contributed by atoms with van der Waals surface area (Å²) in [5.74, 6) is -0.904. The van der Waals surface area contributed by atoms with Crippen LogP contribution in [0.15, 0.2) is 24.3 Å². The summed E-state index contributed by atoms with van der Waals surface area (Å²) in [7, 11) is 1.75. The Labute approximate surface area is 170 Å². The molecule has 0 saturated carbocycles. The molecule has 3 aromatic rings. The van der Waals surface area contributed by atoms with Crippen molar-refractivity contribution >= 4 is 45.2 Å². The van der Waals surface area contributed by atoms with Crippen molar-refractivity contribution in [3.63, 3.8) is 0 Å². The minimum atomic E-state index is -0.496. The minimum Gasteiger partial charge on any atom is -0.481 e. The summed E-state index contributed by atoms with van der Waals surface area (Å²) in [6.07, 6.45) is 0.695. The van der Waals surface area contributed by atoms with Crippen LogP contribution in [-0.2, 0) is 21.4 Å². The third-order valence-corrected chi connectivity index (χ3v) is 5.47. The van der Waals surface area contributed by atoms with Gasteiger partial charge in [0, 0.05) is 18.9 Å². The zero-order valence-electron chi connectivity index (χ0n) is 15.9. The van der Waals surface area contributed by atoms with E-state index in [0.717, 1.165) is 11.1 Å². The predicted octanol–water partition coefficient (Wildman–Crippen LogP) is 1.88. The van der Waals surface area contributed by atoms with Crippen molar-refractivity contribution in [3.05, 3.63) is 35.7 Å². The number of ether oxygens (including phenoxy) is 1. The van der Waals surface area contributed by atoms with Crippen LogP contribution in [0, 0.1) is 6.92 Å². The Morgan fingerprint density at radius 3 is 2.97 bits per heavy atom. The van der Waals surface area contributed by atoms with Gasteiger partial charge in [-0.3, -0.25) is 24.4 Å². The molecule has 10 heteroatoms. The summed E-state index contributed by atoms with van der Waals surface area (Å²) in [5, 5.41) is 11.0. The summed E-state index contributed by atoms with van der Waals surface area (Å²) in [4.78, 5) is 35.9. The SMILES string of the molecule is Cc1cc(NC(=O)COc2cccc3c(C4CCC(=O)NC4=O)nn(C)c23)sn1. The van der Waals surface area contributed by atoms with Crippen LogP contribution in [0.1, 0.15) is 30.1 Å². The van der Waals surface area contributed by atoms with E-state index in [4.69, 9.17) is 4.74 Å². The molecule has 2 aromatic heterocycles. The lowest BCUT2D eigenvalue weighted by Crippen LogP contribution is -2.39. The zero-order chi connectivity index (χ0) is 20.5. The first-order valence-electron chi connectivity index (χ1n) is 9.07. The van der Waals surface area contributed by atoms with Crippen LogP contribution in [0.3, 0.4) is 0 Å². The summed E-state index contributed by atoms with van der Waals surface area (Å²) in [6.45, 7) is 1.68. The van der Waals surface area contributed by atoms with Crippen LogP contribution in [0.5, 0.6) is 5.75 Å². The number of aryl methyl sites for hydroxylation is 2. The van der Waals surface area contributed by atoms with Crippen LogP contribution in [0.4, 0.5) is 5.00 Å². The van der Waals surface area contributed by atoms with Gasteiger partial charge in [0.2, 0.25) is 11.8 Å². The second-order valence-electron chi connectivity index (χ2n) is 6.83. The number of carbonyl (C=O) groups excluding carboxylic acids is 3. The Kier molecular flexibility index (Phi) is 5.01. The molecule has 3 amide bonds. The molecule has 0 spiro atoms. The van der Waals surface area contributed by atoms with Crippen molar-refractivity contribution in [2.24, 2.45) is 7.05 Å². The van der Waals surface area contributed by atoms with Gasteiger partial charge in [0.15, 0.2) is 6.61 Å². The molecule has 0 aliphatic carbocycles. The van der Waals surface area contributed by atoms with Crippen LogP contribution in [0.2, 0.25) is 0 Å². The van der Waals surface area contributed by atoms with Gasteiger partial charge in [-0.15, -0.1) is 0 Å². The number of para-hydroxylation sites is 1. The van der Waals surface area contributed by atoms with Gasteiger partial charge in [-0.25, -0.2) is 0 Å². The number of imide groups is 1. The van der Waals surface area contributed by atoms with Crippen molar-refractivity contribution in [2.45, 2.75) is 25.7 Å². The lowest BCUT2D eigenvalue weighted by atomic mass is 9.93. The predicted molar refractivity (Wildman–Crippen MR) is 107 cm³/mol. The monoisotopic (exact) mass is 413 g/mol. The topological polar surface area (TPSA) is 115 Å². The first kappa shape index (κ1) is 19.1. The number of benzene rings is 1. The van der Waals surface area contributed by atoms with Gasteiger partial charge in [-0.05, 0) is 37.0 Å². The largest absolute Gasteiger partial charge is 0.481 e. The number of aromatic nitrogens is 3. The standard InChI is InChI=1S/C19H19N5O4S/c1-10-8-16(29-23-10)20-15(26)9-28-13-5-3-4-11-17(22-24(2)18(11)13)12-6-7-14(25)21-19(12)27/h3-5,8,12H,6-7,9H2,1-2H3,(H,20,26)(H,21,25,27). The van der Waals surface area contributed by atoms with Gasteiger partial charge < -0.3 is 10.1 Å². The Morgan fingerprint density at radius 2 is 2.24 bits per heavy atom. The van der Waals surface area contributed by atoms with Crippen molar-refractivity contribution in [3.8, 4) is 5.75 Å². The van der Waals surface area contributed by atoms with Gasteiger partial charge in [-0.1, -0.05) is 12.1 Å². The molecule has 1 fully saturated rings. The van der Waals surface area contributed by atoms with Crippen LogP contribution in [-0.4, -0.2) is 38.5 Å². The van der Waals surface area contributed by atoms with Gasteiger partial charge in [-0.2, -0.15) is 9.47 Å². The molecule has 1 saturated heterocycles. The minimum absolute atomic E-state index is 0.172. The Balaban J connectivity index is 1.55. The van der Waals surface area contributed by atoms with Crippen LogP contribution >= 0.6 is 11.5 Å². The Bertz CT molecular complexity index is 1120. The first-order chi connectivity index (χ1) is 13.9. The molecule has 9 nitrogen and oxygen atoms in total. The number of hydrogen-bond donors (Lipinski definition) is 2. The van der Waals surface area contributed by atoms with E-state index in [9.17, 15) is 14.4 Å². The van der Waals surface area contributed by atoms with Crippen molar-refractivity contribution in [2.75, 3.05) is 11.9 Å².